The van der Waals surface area contributed by atoms with E-state index in [0.29, 0.717) is 6.07 Å². The van der Waals surface area contributed by atoms with Gasteiger partial charge < -0.3 is 14.7 Å². The first-order valence-electron chi connectivity index (χ1n) is 7.89. The molecule has 2 aromatic carbocycles. The van der Waals surface area contributed by atoms with Crippen LogP contribution >= 0.6 is 0 Å². The number of aliphatic hydroxyl groups is 1. The first-order valence-corrected chi connectivity index (χ1v) is 7.89. The minimum Gasteiger partial charge on any atom is -0.487 e. The van der Waals surface area contributed by atoms with Crippen LogP contribution in [-0.2, 0) is 0 Å². The maximum absolute atomic E-state index is 13.7. The van der Waals surface area contributed by atoms with Crippen LogP contribution in [0, 0.1) is 23.3 Å². The van der Waals surface area contributed by atoms with E-state index in [1.165, 1.54) is 0 Å². The van der Waals surface area contributed by atoms with E-state index in [4.69, 9.17) is 4.74 Å². The number of halogens is 4. The van der Waals surface area contributed by atoms with Crippen molar-refractivity contribution in [3.63, 3.8) is 0 Å². The SMILES string of the molecule is O=C(c1c(F)cccc1F)N1CC[C@@H](Oc2cc(F)cc(F)c2)[C@H](O)C1. The number of hydrogen-bond acceptors (Lipinski definition) is 3. The number of piperidine rings is 1. The molecule has 2 atom stereocenters. The first-order chi connectivity index (χ1) is 12.3. The third kappa shape index (κ3) is 3.80. The summed E-state index contributed by atoms with van der Waals surface area (Å²) in [4.78, 5) is 13.4. The lowest BCUT2D eigenvalue weighted by atomic mass is 10.0. The number of amides is 1. The third-order valence-corrected chi connectivity index (χ3v) is 4.11. The van der Waals surface area contributed by atoms with Crippen molar-refractivity contribution in [2.24, 2.45) is 0 Å². The number of carbonyl (C=O) groups excluding carboxylic acids is 1. The highest BCUT2D eigenvalue weighted by Gasteiger charge is 2.33. The maximum atomic E-state index is 13.7. The predicted molar refractivity (Wildman–Crippen MR) is 83.7 cm³/mol. The second kappa shape index (κ2) is 7.33. The Morgan fingerprint density at radius 1 is 1.08 bits per heavy atom. The fraction of sp³-hybridized carbons (Fsp3) is 0.278. The van der Waals surface area contributed by atoms with Crippen molar-refractivity contribution in [1.82, 2.24) is 4.90 Å². The van der Waals surface area contributed by atoms with E-state index < -0.39 is 46.9 Å². The van der Waals surface area contributed by atoms with Gasteiger partial charge >= 0.3 is 0 Å². The number of likely N-dealkylation sites (tertiary alicyclic amines) is 1. The van der Waals surface area contributed by atoms with E-state index in [2.05, 4.69) is 0 Å². The fourth-order valence-electron chi connectivity index (χ4n) is 2.86. The number of nitrogens with zero attached hydrogens (tertiary/aromatic N) is 1. The smallest absolute Gasteiger partial charge is 0.259 e. The van der Waals surface area contributed by atoms with Gasteiger partial charge in [-0.25, -0.2) is 17.6 Å². The zero-order valence-corrected chi connectivity index (χ0v) is 13.5. The Labute approximate surface area is 146 Å². The summed E-state index contributed by atoms with van der Waals surface area (Å²) in [7, 11) is 0. The molecule has 8 heteroatoms. The van der Waals surface area contributed by atoms with Gasteiger partial charge in [0, 0.05) is 31.2 Å². The van der Waals surface area contributed by atoms with E-state index in [1.54, 1.807) is 0 Å². The highest BCUT2D eigenvalue weighted by atomic mass is 19.1. The summed E-state index contributed by atoms with van der Waals surface area (Å²) in [5.41, 5.74) is -0.689. The highest BCUT2D eigenvalue weighted by molar-refractivity contribution is 5.94. The Hall–Kier alpha value is -2.61. The van der Waals surface area contributed by atoms with Gasteiger partial charge in [0.1, 0.15) is 46.8 Å². The van der Waals surface area contributed by atoms with Crippen molar-refractivity contribution in [1.29, 1.82) is 0 Å². The van der Waals surface area contributed by atoms with Gasteiger partial charge in [-0.15, -0.1) is 0 Å². The number of aliphatic hydroxyl groups excluding tert-OH is 1. The van der Waals surface area contributed by atoms with Gasteiger partial charge in [-0.05, 0) is 12.1 Å². The minimum atomic E-state index is -1.19. The molecule has 1 saturated heterocycles. The van der Waals surface area contributed by atoms with Crippen molar-refractivity contribution in [3.05, 3.63) is 65.2 Å². The van der Waals surface area contributed by atoms with Gasteiger partial charge in [0.05, 0.1) is 6.54 Å². The zero-order valence-electron chi connectivity index (χ0n) is 13.5. The Bertz CT molecular complexity index is 790. The number of rotatable bonds is 3. The molecule has 1 amide bonds. The molecule has 1 aliphatic rings. The lowest BCUT2D eigenvalue weighted by Gasteiger charge is -2.36. The summed E-state index contributed by atoms with van der Waals surface area (Å²) in [6, 6.07) is 5.73. The molecule has 0 spiro atoms. The lowest BCUT2D eigenvalue weighted by Crippen LogP contribution is -2.51. The molecule has 3 rings (SSSR count). The average Bonchev–Trinajstić information content (AvgIpc) is 2.55. The van der Waals surface area contributed by atoms with Crippen LogP contribution in [0.4, 0.5) is 17.6 Å². The van der Waals surface area contributed by atoms with E-state index >= 15 is 0 Å². The summed E-state index contributed by atoms with van der Waals surface area (Å²) in [5.74, 6) is -4.59. The molecule has 138 valence electrons. The fourth-order valence-corrected chi connectivity index (χ4v) is 2.86. The molecule has 2 aromatic rings. The van der Waals surface area contributed by atoms with E-state index in [0.717, 1.165) is 35.2 Å². The molecule has 1 N–H and O–H groups in total. The molecule has 1 heterocycles. The Kier molecular flexibility index (Phi) is 5.13. The van der Waals surface area contributed by atoms with Gasteiger partial charge in [0.15, 0.2) is 0 Å². The van der Waals surface area contributed by atoms with Crippen LogP contribution in [0.5, 0.6) is 5.75 Å². The minimum absolute atomic E-state index is 0.0616. The highest BCUT2D eigenvalue weighted by Crippen LogP contribution is 2.23. The Balaban J connectivity index is 1.69. The summed E-state index contributed by atoms with van der Waals surface area (Å²) in [5, 5.41) is 10.2. The van der Waals surface area contributed by atoms with Crippen LogP contribution in [-0.4, -0.2) is 41.2 Å². The molecule has 0 radical (unpaired) electrons. The number of ether oxygens (including phenoxy) is 1. The van der Waals surface area contributed by atoms with Crippen LogP contribution in [0.3, 0.4) is 0 Å². The molecule has 1 fully saturated rings. The van der Waals surface area contributed by atoms with Gasteiger partial charge in [-0.3, -0.25) is 4.79 Å². The molecular formula is C18H15F4NO3. The van der Waals surface area contributed by atoms with Crippen LogP contribution in [0.15, 0.2) is 36.4 Å². The van der Waals surface area contributed by atoms with Crippen molar-refractivity contribution < 1.29 is 32.2 Å². The zero-order chi connectivity index (χ0) is 18.8. The number of carbonyl (C=O) groups is 1. The molecule has 0 unspecified atom stereocenters. The van der Waals surface area contributed by atoms with Gasteiger partial charge in [-0.1, -0.05) is 6.07 Å². The van der Waals surface area contributed by atoms with E-state index in [-0.39, 0.29) is 25.3 Å². The number of hydrogen-bond donors (Lipinski definition) is 1. The predicted octanol–water partition coefficient (Wildman–Crippen LogP) is 2.90. The average molecular weight is 369 g/mol. The van der Waals surface area contributed by atoms with Crippen molar-refractivity contribution in [2.75, 3.05) is 13.1 Å². The largest absolute Gasteiger partial charge is 0.487 e. The number of benzene rings is 2. The summed E-state index contributed by atoms with van der Waals surface area (Å²) < 4.78 is 59.3. The van der Waals surface area contributed by atoms with Crippen LogP contribution < -0.4 is 4.74 Å². The molecule has 0 bridgehead atoms. The van der Waals surface area contributed by atoms with Gasteiger partial charge in [0.25, 0.3) is 5.91 Å². The topological polar surface area (TPSA) is 49.8 Å². The van der Waals surface area contributed by atoms with Crippen molar-refractivity contribution in [2.45, 2.75) is 18.6 Å². The summed E-state index contributed by atoms with van der Waals surface area (Å²) in [6.45, 7) is -0.165. The second-order valence-corrected chi connectivity index (χ2v) is 5.97. The van der Waals surface area contributed by atoms with Crippen LogP contribution in [0.2, 0.25) is 0 Å². The molecule has 0 saturated carbocycles. The monoisotopic (exact) mass is 369 g/mol. The summed E-state index contributed by atoms with van der Waals surface area (Å²) in [6.07, 6.45) is -1.87. The summed E-state index contributed by atoms with van der Waals surface area (Å²) >= 11 is 0. The molecular weight excluding hydrogens is 354 g/mol. The first kappa shape index (κ1) is 18.2. The Morgan fingerprint density at radius 3 is 2.27 bits per heavy atom. The van der Waals surface area contributed by atoms with E-state index in [1.807, 2.05) is 0 Å². The van der Waals surface area contributed by atoms with Crippen molar-refractivity contribution >= 4 is 5.91 Å². The standard InChI is InChI=1S/C18H15F4NO3/c19-10-6-11(20)8-12(7-10)26-16-4-5-23(9-15(16)24)18(25)17-13(21)2-1-3-14(17)22/h1-3,6-8,15-16,24H,4-5,9H2/t15-,16-/m1/s1. The third-order valence-electron chi connectivity index (χ3n) is 4.11. The molecule has 26 heavy (non-hydrogen) atoms. The maximum Gasteiger partial charge on any atom is 0.259 e. The Morgan fingerprint density at radius 2 is 1.69 bits per heavy atom. The van der Waals surface area contributed by atoms with Gasteiger partial charge in [-0.2, -0.15) is 0 Å². The van der Waals surface area contributed by atoms with E-state index in [9.17, 15) is 27.5 Å². The molecule has 1 aliphatic heterocycles. The van der Waals surface area contributed by atoms with Crippen LogP contribution in [0.25, 0.3) is 0 Å². The second-order valence-electron chi connectivity index (χ2n) is 5.97. The quantitative estimate of drug-likeness (QED) is 0.847. The molecule has 0 aliphatic carbocycles. The van der Waals surface area contributed by atoms with Crippen LogP contribution in [0.1, 0.15) is 16.8 Å². The van der Waals surface area contributed by atoms with Crippen molar-refractivity contribution in [3.8, 4) is 5.75 Å². The van der Waals surface area contributed by atoms with Gasteiger partial charge in [0.2, 0.25) is 0 Å². The normalized spacial score (nSPS) is 20.1. The number of β-amino-alcohol motifs (C(OH)–C–C–N with tert-alkyl or cyclic N) is 1. The lowest BCUT2D eigenvalue weighted by molar-refractivity contribution is -0.0203. The molecule has 4 nitrogen and oxygen atoms in total. The molecule has 0 aromatic heterocycles.